The predicted molar refractivity (Wildman–Crippen MR) is 47.5 cm³/mol. The quantitative estimate of drug-likeness (QED) is 0.620. The van der Waals surface area contributed by atoms with Crippen LogP contribution in [0.3, 0.4) is 0 Å². The van der Waals surface area contributed by atoms with E-state index < -0.39 is 23.5 Å². The summed E-state index contributed by atoms with van der Waals surface area (Å²) in [4.78, 5) is 21.4. The lowest BCUT2D eigenvalue weighted by molar-refractivity contribution is -0.146. The van der Waals surface area contributed by atoms with Gasteiger partial charge in [-0.1, -0.05) is 5.92 Å². The smallest absolute Gasteiger partial charge is 0.408 e. The lowest BCUT2D eigenvalue weighted by Gasteiger charge is -2.41. The standard InChI is InChI=1S/C9H11NO4/c1-3-9(10-8(13)14-2)4-6(5-9)7(11)12/h1,6H,4-5H2,2H3,(H,10,13)(H,11,12). The Balaban J connectivity index is 2.54. The Hall–Kier alpha value is -1.70. The zero-order valence-electron chi connectivity index (χ0n) is 7.74. The third kappa shape index (κ3) is 1.79. The molecular weight excluding hydrogens is 186 g/mol. The van der Waals surface area contributed by atoms with E-state index in [1.165, 1.54) is 7.11 Å². The first-order chi connectivity index (χ1) is 6.53. The van der Waals surface area contributed by atoms with E-state index in [-0.39, 0.29) is 12.8 Å². The Morgan fingerprint density at radius 1 is 1.64 bits per heavy atom. The van der Waals surface area contributed by atoms with Crippen LogP contribution in [0.15, 0.2) is 0 Å². The highest BCUT2D eigenvalue weighted by Gasteiger charge is 2.47. The second-order valence-electron chi connectivity index (χ2n) is 3.29. The van der Waals surface area contributed by atoms with Crippen LogP contribution in [0.2, 0.25) is 0 Å². The van der Waals surface area contributed by atoms with E-state index in [0.717, 1.165) is 0 Å². The van der Waals surface area contributed by atoms with E-state index >= 15 is 0 Å². The number of hydrogen-bond acceptors (Lipinski definition) is 3. The number of ether oxygens (including phenoxy) is 1. The number of methoxy groups -OCH3 is 1. The van der Waals surface area contributed by atoms with Crippen molar-refractivity contribution in [1.29, 1.82) is 0 Å². The minimum atomic E-state index is -0.887. The molecule has 14 heavy (non-hydrogen) atoms. The molecule has 1 saturated carbocycles. The molecule has 0 radical (unpaired) electrons. The monoisotopic (exact) mass is 197 g/mol. The van der Waals surface area contributed by atoms with Gasteiger partial charge in [-0.2, -0.15) is 0 Å². The van der Waals surface area contributed by atoms with Gasteiger partial charge < -0.3 is 15.2 Å². The van der Waals surface area contributed by atoms with Crippen molar-refractivity contribution in [2.75, 3.05) is 7.11 Å². The van der Waals surface area contributed by atoms with Crippen LogP contribution in [0.5, 0.6) is 0 Å². The van der Waals surface area contributed by atoms with Gasteiger partial charge in [0.05, 0.1) is 13.0 Å². The van der Waals surface area contributed by atoms with Gasteiger partial charge in [-0.05, 0) is 12.8 Å². The molecule has 0 unspecified atom stereocenters. The van der Waals surface area contributed by atoms with Crippen molar-refractivity contribution in [1.82, 2.24) is 5.32 Å². The maximum absolute atomic E-state index is 10.9. The molecule has 1 aliphatic carbocycles. The molecule has 0 aromatic heterocycles. The molecule has 76 valence electrons. The lowest BCUT2D eigenvalue weighted by atomic mass is 9.69. The number of amides is 1. The van der Waals surface area contributed by atoms with E-state index in [2.05, 4.69) is 16.0 Å². The SMILES string of the molecule is C#CC1(NC(=O)OC)CC(C(=O)O)C1. The van der Waals surface area contributed by atoms with Gasteiger partial charge in [-0.25, -0.2) is 4.79 Å². The van der Waals surface area contributed by atoms with Gasteiger partial charge in [0.2, 0.25) is 0 Å². The molecule has 2 N–H and O–H groups in total. The van der Waals surface area contributed by atoms with Crippen molar-refractivity contribution in [3.63, 3.8) is 0 Å². The van der Waals surface area contributed by atoms with Crippen LogP contribution in [0.25, 0.3) is 0 Å². The molecule has 1 fully saturated rings. The number of hydrogen-bond donors (Lipinski definition) is 2. The maximum Gasteiger partial charge on any atom is 0.408 e. The van der Waals surface area contributed by atoms with E-state index in [1.54, 1.807) is 0 Å². The van der Waals surface area contributed by atoms with Crippen molar-refractivity contribution >= 4 is 12.1 Å². The van der Waals surface area contributed by atoms with E-state index in [0.29, 0.717) is 0 Å². The van der Waals surface area contributed by atoms with Crippen molar-refractivity contribution in [3.8, 4) is 12.3 Å². The summed E-state index contributed by atoms with van der Waals surface area (Å²) in [6.45, 7) is 0. The number of rotatable bonds is 2. The Bertz CT molecular complexity index is 298. The van der Waals surface area contributed by atoms with Crippen LogP contribution < -0.4 is 5.32 Å². The van der Waals surface area contributed by atoms with Gasteiger partial charge in [-0.3, -0.25) is 4.79 Å². The van der Waals surface area contributed by atoms with Crippen LogP contribution in [-0.2, 0) is 9.53 Å². The average Bonchev–Trinajstić information content (AvgIpc) is 2.09. The Morgan fingerprint density at radius 2 is 2.21 bits per heavy atom. The second-order valence-corrected chi connectivity index (χ2v) is 3.29. The molecule has 0 bridgehead atoms. The first-order valence-electron chi connectivity index (χ1n) is 4.10. The summed E-state index contributed by atoms with van der Waals surface area (Å²) in [6, 6.07) is 0. The van der Waals surface area contributed by atoms with Gasteiger partial charge in [0.1, 0.15) is 5.54 Å². The molecule has 1 amide bonds. The average molecular weight is 197 g/mol. The summed E-state index contributed by atoms with van der Waals surface area (Å²) >= 11 is 0. The van der Waals surface area contributed by atoms with Gasteiger partial charge >= 0.3 is 12.1 Å². The molecule has 0 atom stereocenters. The van der Waals surface area contributed by atoms with Crippen LogP contribution in [0.4, 0.5) is 4.79 Å². The maximum atomic E-state index is 10.9. The molecule has 0 aromatic carbocycles. The molecule has 1 aliphatic rings. The molecule has 1 rings (SSSR count). The molecule has 0 heterocycles. The summed E-state index contributed by atoms with van der Waals surface area (Å²) in [5.74, 6) is 1.03. The van der Waals surface area contributed by atoms with Crippen molar-refractivity contribution in [2.24, 2.45) is 5.92 Å². The molecule has 0 saturated heterocycles. The number of terminal acetylenes is 1. The van der Waals surface area contributed by atoms with E-state index in [9.17, 15) is 9.59 Å². The molecular formula is C9H11NO4. The van der Waals surface area contributed by atoms with Crippen LogP contribution in [0.1, 0.15) is 12.8 Å². The van der Waals surface area contributed by atoms with Crippen LogP contribution in [0, 0.1) is 18.3 Å². The molecule has 5 heteroatoms. The first-order valence-corrected chi connectivity index (χ1v) is 4.10. The normalized spacial score (nSPS) is 29.6. The number of carbonyl (C=O) groups is 2. The summed E-state index contributed by atoms with van der Waals surface area (Å²) in [7, 11) is 1.23. The molecule has 5 nitrogen and oxygen atoms in total. The van der Waals surface area contributed by atoms with Crippen LogP contribution >= 0.6 is 0 Å². The highest BCUT2D eigenvalue weighted by molar-refractivity contribution is 5.74. The Morgan fingerprint density at radius 3 is 2.57 bits per heavy atom. The van der Waals surface area contributed by atoms with Gasteiger partial charge in [-0.15, -0.1) is 6.42 Å². The third-order valence-corrected chi connectivity index (χ3v) is 2.34. The summed E-state index contributed by atoms with van der Waals surface area (Å²) in [5.41, 5.74) is -0.837. The number of alkyl carbamates (subject to hydrolysis) is 1. The van der Waals surface area contributed by atoms with E-state index in [1.807, 2.05) is 0 Å². The first kappa shape index (κ1) is 10.4. The van der Waals surface area contributed by atoms with E-state index in [4.69, 9.17) is 11.5 Å². The lowest BCUT2D eigenvalue weighted by Crippen LogP contribution is -2.58. The molecule has 0 aliphatic heterocycles. The minimum Gasteiger partial charge on any atom is -0.481 e. The van der Waals surface area contributed by atoms with Crippen molar-refractivity contribution < 1.29 is 19.4 Å². The third-order valence-electron chi connectivity index (χ3n) is 2.34. The number of carboxylic acid groups (broad SMARTS) is 1. The number of nitrogens with one attached hydrogen (secondary N) is 1. The second kappa shape index (κ2) is 3.58. The Labute approximate surface area is 81.4 Å². The summed E-state index contributed by atoms with van der Waals surface area (Å²) < 4.78 is 4.39. The predicted octanol–water partition coefficient (Wildman–Crippen LogP) is 0.209. The minimum absolute atomic E-state index is 0.258. The highest BCUT2D eigenvalue weighted by Crippen LogP contribution is 2.37. The zero-order chi connectivity index (χ0) is 10.8. The van der Waals surface area contributed by atoms with Crippen molar-refractivity contribution in [3.05, 3.63) is 0 Å². The Kier molecular flexibility index (Phi) is 2.65. The topological polar surface area (TPSA) is 75.6 Å². The van der Waals surface area contributed by atoms with Gasteiger partial charge in [0.25, 0.3) is 0 Å². The number of carboxylic acids is 1. The fraction of sp³-hybridized carbons (Fsp3) is 0.556. The molecule has 0 aromatic rings. The number of carbonyl (C=O) groups excluding carboxylic acids is 1. The molecule has 0 spiro atoms. The summed E-state index contributed by atoms with van der Waals surface area (Å²) in [5, 5.41) is 11.1. The largest absolute Gasteiger partial charge is 0.481 e. The highest BCUT2D eigenvalue weighted by atomic mass is 16.5. The van der Waals surface area contributed by atoms with Gasteiger partial charge in [0, 0.05) is 0 Å². The number of aliphatic carboxylic acids is 1. The fourth-order valence-electron chi connectivity index (χ4n) is 1.46. The summed E-state index contributed by atoms with van der Waals surface area (Å²) in [6.07, 6.45) is 5.10. The van der Waals surface area contributed by atoms with Crippen molar-refractivity contribution in [2.45, 2.75) is 18.4 Å². The zero-order valence-corrected chi connectivity index (χ0v) is 7.74. The fourth-order valence-corrected chi connectivity index (χ4v) is 1.46. The van der Waals surface area contributed by atoms with Crippen LogP contribution in [-0.4, -0.2) is 29.8 Å². The van der Waals surface area contributed by atoms with Gasteiger partial charge in [0.15, 0.2) is 0 Å².